The van der Waals surface area contributed by atoms with Gasteiger partial charge in [0, 0.05) is 6.07 Å². The van der Waals surface area contributed by atoms with Gasteiger partial charge in [0.1, 0.15) is 16.4 Å². The summed E-state index contributed by atoms with van der Waals surface area (Å²) in [5.41, 5.74) is 0.642. The molecule has 1 N–H and O–H groups in total. The maximum atomic E-state index is 12.9. The van der Waals surface area contributed by atoms with Crippen molar-refractivity contribution >= 4 is 16.0 Å². The lowest BCUT2D eigenvalue weighted by Gasteiger charge is -2.19. The number of sulfonamides is 1. The molecule has 0 fully saturated rings. The average Bonchev–Trinajstić information content (AvgIpc) is 2.67. The molecule has 8 heteroatoms. The molecular formula is C18H21NO6S. The summed E-state index contributed by atoms with van der Waals surface area (Å²) < 4.78 is 43.4. The maximum absolute atomic E-state index is 12.9. The van der Waals surface area contributed by atoms with Gasteiger partial charge >= 0.3 is 5.97 Å². The molecular weight excluding hydrogens is 358 g/mol. The fraction of sp³-hybridized carbons (Fsp3) is 0.278. The SMILES string of the molecule is COC(=O)CC(NS(=O)(=O)c1cc(OC)ccc1OC)c1ccccc1. The second-order valence-electron chi connectivity index (χ2n) is 5.38. The van der Waals surface area contributed by atoms with Crippen molar-refractivity contribution < 1.29 is 27.4 Å². The van der Waals surface area contributed by atoms with Crippen molar-refractivity contribution in [2.45, 2.75) is 17.4 Å². The highest BCUT2D eigenvalue weighted by Crippen LogP contribution is 2.30. The van der Waals surface area contributed by atoms with Gasteiger partial charge in [0.2, 0.25) is 10.0 Å². The van der Waals surface area contributed by atoms with Crippen LogP contribution in [0.15, 0.2) is 53.4 Å². The summed E-state index contributed by atoms with van der Waals surface area (Å²) in [6.45, 7) is 0. The van der Waals surface area contributed by atoms with E-state index in [-0.39, 0.29) is 17.1 Å². The molecule has 0 aliphatic heterocycles. The first-order chi connectivity index (χ1) is 12.4. The molecule has 2 rings (SSSR count). The quantitative estimate of drug-likeness (QED) is 0.708. The Labute approximate surface area is 152 Å². The van der Waals surface area contributed by atoms with Crippen LogP contribution < -0.4 is 14.2 Å². The third kappa shape index (κ3) is 4.74. The molecule has 2 aromatic carbocycles. The van der Waals surface area contributed by atoms with Gasteiger partial charge in [-0.2, -0.15) is 0 Å². The molecule has 0 aromatic heterocycles. The Hall–Kier alpha value is -2.58. The number of ether oxygens (including phenoxy) is 3. The van der Waals surface area contributed by atoms with Gasteiger partial charge in [-0.25, -0.2) is 13.1 Å². The smallest absolute Gasteiger partial charge is 0.307 e. The van der Waals surface area contributed by atoms with Crippen LogP contribution in [-0.4, -0.2) is 35.7 Å². The summed E-state index contributed by atoms with van der Waals surface area (Å²) in [4.78, 5) is 11.7. The third-order valence-corrected chi connectivity index (χ3v) is 5.25. The molecule has 7 nitrogen and oxygen atoms in total. The molecule has 0 heterocycles. The molecule has 140 valence electrons. The van der Waals surface area contributed by atoms with Crippen LogP contribution in [0.2, 0.25) is 0 Å². The van der Waals surface area contributed by atoms with E-state index in [2.05, 4.69) is 9.46 Å². The van der Waals surface area contributed by atoms with Crippen LogP contribution >= 0.6 is 0 Å². The summed E-state index contributed by atoms with van der Waals surface area (Å²) >= 11 is 0. The second kappa shape index (κ2) is 8.68. The lowest BCUT2D eigenvalue weighted by Crippen LogP contribution is -2.31. The van der Waals surface area contributed by atoms with Gasteiger partial charge in [-0.1, -0.05) is 30.3 Å². The van der Waals surface area contributed by atoms with Crippen LogP contribution in [0.1, 0.15) is 18.0 Å². The predicted octanol–water partition coefficient (Wildman–Crippen LogP) is 2.29. The van der Waals surface area contributed by atoms with Crippen molar-refractivity contribution in [1.82, 2.24) is 4.72 Å². The van der Waals surface area contributed by atoms with E-state index in [4.69, 9.17) is 9.47 Å². The van der Waals surface area contributed by atoms with Crippen LogP contribution in [-0.2, 0) is 19.6 Å². The van der Waals surface area contributed by atoms with Crippen LogP contribution in [0.3, 0.4) is 0 Å². The zero-order valence-corrected chi connectivity index (χ0v) is 15.6. The van der Waals surface area contributed by atoms with Gasteiger partial charge in [0.05, 0.1) is 33.8 Å². The van der Waals surface area contributed by atoms with Crippen LogP contribution in [0.5, 0.6) is 11.5 Å². The molecule has 0 saturated heterocycles. The summed E-state index contributed by atoms with van der Waals surface area (Å²) in [7, 11) is 0.0734. The number of hydrogen-bond donors (Lipinski definition) is 1. The summed E-state index contributed by atoms with van der Waals surface area (Å²) in [6, 6.07) is 12.5. The van der Waals surface area contributed by atoms with Crippen LogP contribution in [0, 0.1) is 0 Å². The van der Waals surface area contributed by atoms with Crippen LogP contribution in [0.25, 0.3) is 0 Å². The van der Waals surface area contributed by atoms with Gasteiger partial charge in [-0.3, -0.25) is 4.79 Å². The van der Waals surface area contributed by atoms with Crippen molar-refractivity contribution in [2.24, 2.45) is 0 Å². The topological polar surface area (TPSA) is 90.9 Å². The van der Waals surface area contributed by atoms with Crippen molar-refractivity contribution in [1.29, 1.82) is 0 Å². The van der Waals surface area contributed by atoms with Gasteiger partial charge in [-0.15, -0.1) is 0 Å². The molecule has 1 unspecified atom stereocenters. The molecule has 26 heavy (non-hydrogen) atoms. The Bertz CT molecular complexity index is 851. The van der Waals surface area contributed by atoms with E-state index < -0.39 is 22.0 Å². The van der Waals surface area contributed by atoms with E-state index in [0.29, 0.717) is 11.3 Å². The summed E-state index contributed by atoms with van der Waals surface area (Å²) in [5, 5.41) is 0. The molecule has 0 radical (unpaired) electrons. The van der Waals surface area contributed by atoms with Gasteiger partial charge in [-0.05, 0) is 17.7 Å². The average molecular weight is 379 g/mol. The highest BCUT2D eigenvalue weighted by molar-refractivity contribution is 7.89. The molecule has 1 atom stereocenters. The maximum Gasteiger partial charge on any atom is 0.307 e. The highest BCUT2D eigenvalue weighted by Gasteiger charge is 2.27. The van der Waals surface area contributed by atoms with Crippen molar-refractivity contribution in [3.63, 3.8) is 0 Å². The number of methoxy groups -OCH3 is 3. The van der Waals surface area contributed by atoms with E-state index in [0.717, 1.165) is 0 Å². The van der Waals surface area contributed by atoms with Gasteiger partial charge in [0.15, 0.2) is 0 Å². The molecule has 0 aliphatic rings. The zero-order valence-electron chi connectivity index (χ0n) is 14.8. The van der Waals surface area contributed by atoms with E-state index in [1.165, 1.54) is 33.5 Å². The van der Waals surface area contributed by atoms with Gasteiger partial charge in [0.25, 0.3) is 0 Å². The predicted molar refractivity (Wildman–Crippen MR) is 95.7 cm³/mol. The fourth-order valence-corrected chi connectivity index (χ4v) is 3.82. The van der Waals surface area contributed by atoms with Crippen LogP contribution in [0.4, 0.5) is 0 Å². The lowest BCUT2D eigenvalue weighted by atomic mass is 10.1. The minimum absolute atomic E-state index is 0.0786. The monoisotopic (exact) mass is 379 g/mol. The third-order valence-electron chi connectivity index (χ3n) is 3.76. The minimum Gasteiger partial charge on any atom is -0.497 e. The van der Waals surface area contributed by atoms with Gasteiger partial charge < -0.3 is 14.2 Å². The Morgan fingerprint density at radius 1 is 1.04 bits per heavy atom. The first-order valence-electron chi connectivity index (χ1n) is 7.77. The second-order valence-corrected chi connectivity index (χ2v) is 7.06. The first-order valence-corrected chi connectivity index (χ1v) is 9.25. The normalized spacial score (nSPS) is 12.3. The molecule has 0 bridgehead atoms. The number of rotatable bonds is 8. The first kappa shape index (κ1) is 19.7. The number of nitrogens with one attached hydrogen (secondary N) is 1. The number of esters is 1. The Balaban J connectivity index is 2.42. The number of benzene rings is 2. The van der Waals surface area contributed by atoms with E-state index in [1.807, 2.05) is 0 Å². The molecule has 0 aliphatic carbocycles. The van der Waals surface area contributed by atoms with E-state index in [9.17, 15) is 13.2 Å². The minimum atomic E-state index is -4.00. The largest absolute Gasteiger partial charge is 0.497 e. The van der Waals surface area contributed by atoms with E-state index in [1.54, 1.807) is 36.4 Å². The Morgan fingerprint density at radius 3 is 2.31 bits per heavy atom. The Kier molecular flexibility index (Phi) is 6.59. The summed E-state index contributed by atoms with van der Waals surface area (Å²) in [5.74, 6) is 0.0118. The summed E-state index contributed by atoms with van der Waals surface area (Å²) in [6.07, 6.45) is -0.147. The van der Waals surface area contributed by atoms with E-state index >= 15 is 0 Å². The number of carbonyl (C=O) groups is 1. The Morgan fingerprint density at radius 2 is 1.73 bits per heavy atom. The van der Waals surface area contributed by atoms with Crippen molar-refractivity contribution in [3.8, 4) is 11.5 Å². The standard InChI is InChI=1S/C18H21NO6S/c1-23-14-9-10-16(24-2)17(11-14)26(21,22)19-15(12-18(20)25-3)13-7-5-4-6-8-13/h4-11,15,19H,12H2,1-3H3. The number of hydrogen-bond acceptors (Lipinski definition) is 6. The number of carbonyl (C=O) groups excluding carboxylic acids is 1. The zero-order chi connectivity index (χ0) is 19.2. The molecule has 2 aromatic rings. The fourth-order valence-electron chi connectivity index (χ4n) is 2.41. The molecule has 0 amide bonds. The van der Waals surface area contributed by atoms with Crippen molar-refractivity contribution in [3.05, 3.63) is 54.1 Å². The molecule has 0 spiro atoms. The lowest BCUT2D eigenvalue weighted by molar-refractivity contribution is -0.141. The highest BCUT2D eigenvalue weighted by atomic mass is 32.2. The van der Waals surface area contributed by atoms with Crippen molar-refractivity contribution in [2.75, 3.05) is 21.3 Å². The molecule has 0 saturated carbocycles.